The molecule has 1 aromatic carbocycles. The number of hydrogen-bond acceptors (Lipinski definition) is 1. The van der Waals surface area contributed by atoms with Crippen molar-refractivity contribution in [1.29, 1.82) is 0 Å². The minimum atomic E-state index is 0.0233. The second-order valence-electron chi connectivity index (χ2n) is 8.44. The smallest absolute Gasteiger partial charge is 0.251 e. The molecule has 0 radical (unpaired) electrons. The molecule has 0 saturated heterocycles. The van der Waals surface area contributed by atoms with E-state index in [0.29, 0.717) is 16.0 Å². The molecule has 0 spiro atoms. The molecule has 1 unspecified atom stereocenters. The van der Waals surface area contributed by atoms with Crippen molar-refractivity contribution in [3.05, 3.63) is 34.3 Å². The average molecular weight is 332 g/mol. The molecular weight excluding hydrogens is 306 g/mol. The topological polar surface area (TPSA) is 29.1 Å². The van der Waals surface area contributed by atoms with Crippen molar-refractivity contribution >= 4 is 17.5 Å². The van der Waals surface area contributed by atoms with Gasteiger partial charge in [-0.15, -0.1) is 0 Å². The normalized spacial score (nSPS) is 36.0. The van der Waals surface area contributed by atoms with E-state index >= 15 is 0 Å². The van der Waals surface area contributed by atoms with Crippen LogP contribution in [0.4, 0.5) is 0 Å². The van der Waals surface area contributed by atoms with E-state index < -0.39 is 0 Å². The maximum atomic E-state index is 12.6. The molecular formula is C20H26ClNO. The van der Waals surface area contributed by atoms with Gasteiger partial charge < -0.3 is 5.32 Å². The van der Waals surface area contributed by atoms with Crippen molar-refractivity contribution in [2.45, 2.75) is 58.4 Å². The molecule has 0 aromatic heterocycles. The summed E-state index contributed by atoms with van der Waals surface area (Å²) in [6.07, 6.45) is 8.26. The predicted molar refractivity (Wildman–Crippen MR) is 93.7 cm³/mol. The van der Waals surface area contributed by atoms with Gasteiger partial charge in [-0.2, -0.15) is 0 Å². The van der Waals surface area contributed by atoms with E-state index in [1.54, 1.807) is 6.07 Å². The summed E-state index contributed by atoms with van der Waals surface area (Å²) in [7, 11) is 0. The van der Waals surface area contributed by atoms with Gasteiger partial charge in [-0.3, -0.25) is 4.79 Å². The summed E-state index contributed by atoms with van der Waals surface area (Å²) in [6.45, 7) is 4.18. The fourth-order valence-corrected chi connectivity index (χ4v) is 6.06. The summed E-state index contributed by atoms with van der Waals surface area (Å²) < 4.78 is 0. The molecule has 1 N–H and O–H groups in total. The van der Waals surface area contributed by atoms with Gasteiger partial charge >= 0.3 is 0 Å². The summed E-state index contributed by atoms with van der Waals surface area (Å²) in [5.41, 5.74) is 2.04. The summed E-state index contributed by atoms with van der Waals surface area (Å²) in [6, 6.07) is 5.84. The van der Waals surface area contributed by atoms with Gasteiger partial charge in [0.25, 0.3) is 5.91 Å². The van der Waals surface area contributed by atoms with Crippen LogP contribution in [-0.2, 0) is 0 Å². The highest BCUT2D eigenvalue weighted by molar-refractivity contribution is 6.31. The molecule has 3 heteroatoms. The zero-order valence-electron chi connectivity index (χ0n) is 14.1. The van der Waals surface area contributed by atoms with Gasteiger partial charge in [-0.05, 0) is 93.2 Å². The first-order chi connectivity index (χ1) is 10.9. The second kappa shape index (κ2) is 5.51. The van der Waals surface area contributed by atoms with Crippen LogP contribution in [0.5, 0.6) is 0 Å². The van der Waals surface area contributed by atoms with Crippen molar-refractivity contribution in [3.63, 3.8) is 0 Å². The minimum Gasteiger partial charge on any atom is -0.349 e. The molecule has 124 valence electrons. The lowest BCUT2D eigenvalue weighted by Crippen LogP contribution is -2.55. The number of halogens is 1. The number of carbonyl (C=O) groups excluding carboxylic acids is 1. The van der Waals surface area contributed by atoms with E-state index in [4.69, 9.17) is 11.6 Å². The van der Waals surface area contributed by atoms with Crippen molar-refractivity contribution in [2.75, 3.05) is 0 Å². The molecule has 1 aromatic rings. The number of benzene rings is 1. The molecule has 0 aliphatic heterocycles. The Morgan fingerprint density at radius 3 is 2.26 bits per heavy atom. The summed E-state index contributed by atoms with van der Waals surface area (Å²) in [5, 5.41) is 3.97. The predicted octanol–water partition coefficient (Wildman–Crippen LogP) is 4.98. The molecule has 4 saturated carbocycles. The van der Waals surface area contributed by atoms with Gasteiger partial charge in [0.15, 0.2) is 0 Å². The summed E-state index contributed by atoms with van der Waals surface area (Å²) in [4.78, 5) is 12.6. The molecule has 1 atom stereocenters. The van der Waals surface area contributed by atoms with E-state index in [9.17, 15) is 4.79 Å². The first-order valence-electron chi connectivity index (χ1n) is 9.02. The van der Waals surface area contributed by atoms with E-state index in [1.807, 2.05) is 19.1 Å². The number of aryl methyl sites for hydroxylation is 1. The molecule has 2 nitrogen and oxygen atoms in total. The average Bonchev–Trinajstić information content (AvgIpc) is 2.48. The van der Waals surface area contributed by atoms with Gasteiger partial charge in [0, 0.05) is 16.6 Å². The highest BCUT2D eigenvalue weighted by Crippen LogP contribution is 2.61. The van der Waals surface area contributed by atoms with Gasteiger partial charge in [0.2, 0.25) is 0 Å². The third-order valence-electron chi connectivity index (χ3n) is 6.79. The number of nitrogens with one attached hydrogen (secondary N) is 1. The van der Waals surface area contributed by atoms with Crippen molar-refractivity contribution < 1.29 is 4.79 Å². The van der Waals surface area contributed by atoms with Gasteiger partial charge in [0.05, 0.1) is 0 Å². The second-order valence-corrected chi connectivity index (χ2v) is 8.85. The van der Waals surface area contributed by atoms with Crippen LogP contribution < -0.4 is 5.32 Å². The van der Waals surface area contributed by atoms with Crippen molar-refractivity contribution in [1.82, 2.24) is 5.32 Å². The Balaban J connectivity index is 1.50. The van der Waals surface area contributed by atoms with Crippen LogP contribution in [0.3, 0.4) is 0 Å². The van der Waals surface area contributed by atoms with Crippen LogP contribution in [0.1, 0.15) is 61.4 Å². The minimum absolute atomic E-state index is 0.0233. The van der Waals surface area contributed by atoms with Crippen LogP contribution in [0.25, 0.3) is 0 Å². The Bertz CT molecular complexity index is 603. The SMILES string of the molecule is Cc1ccc(C(=O)NC(C)C23CC4CC(CC(C4)C2)C3)cc1Cl. The highest BCUT2D eigenvalue weighted by Gasteiger charge is 2.53. The number of rotatable bonds is 3. The Labute approximate surface area is 144 Å². The fourth-order valence-electron chi connectivity index (χ4n) is 5.88. The van der Waals surface area contributed by atoms with Gasteiger partial charge in [0.1, 0.15) is 0 Å². The number of carbonyl (C=O) groups is 1. The number of hydrogen-bond donors (Lipinski definition) is 1. The molecule has 1 amide bonds. The summed E-state index contributed by atoms with van der Waals surface area (Å²) in [5.74, 6) is 2.76. The first-order valence-corrected chi connectivity index (χ1v) is 9.40. The standard InChI is InChI=1S/C20H26ClNO/c1-12-3-4-17(8-18(12)21)19(23)22-13(2)20-9-14-5-15(10-20)7-16(6-14)11-20/h3-4,8,13-16H,5-7,9-11H2,1-2H3,(H,22,23). The largest absolute Gasteiger partial charge is 0.349 e. The Morgan fingerprint density at radius 1 is 1.17 bits per heavy atom. The van der Waals surface area contributed by atoms with Gasteiger partial charge in [-0.1, -0.05) is 17.7 Å². The maximum absolute atomic E-state index is 12.6. The molecule has 5 rings (SSSR count). The van der Waals surface area contributed by atoms with Crippen molar-refractivity contribution in [3.8, 4) is 0 Å². The van der Waals surface area contributed by atoms with Gasteiger partial charge in [-0.25, -0.2) is 0 Å². The van der Waals surface area contributed by atoms with Crippen molar-refractivity contribution in [2.24, 2.45) is 23.2 Å². The van der Waals surface area contributed by atoms with Crippen LogP contribution in [-0.4, -0.2) is 11.9 Å². The lowest BCUT2D eigenvalue weighted by molar-refractivity contribution is -0.0688. The zero-order chi connectivity index (χ0) is 16.2. The van der Waals surface area contributed by atoms with E-state index in [-0.39, 0.29) is 11.9 Å². The summed E-state index contributed by atoms with van der Waals surface area (Å²) >= 11 is 6.17. The lowest BCUT2D eigenvalue weighted by atomic mass is 9.48. The van der Waals surface area contributed by atoms with Crippen LogP contribution >= 0.6 is 11.6 Å². The monoisotopic (exact) mass is 331 g/mol. The van der Waals surface area contributed by atoms with E-state index in [1.165, 1.54) is 38.5 Å². The molecule has 4 fully saturated rings. The van der Waals surface area contributed by atoms with Crippen LogP contribution in [0.2, 0.25) is 5.02 Å². The van der Waals surface area contributed by atoms with Crippen LogP contribution in [0.15, 0.2) is 18.2 Å². The third-order valence-corrected chi connectivity index (χ3v) is 7.19. The Hall–Kier alpha value is -1.02. The molecule has 23 heavy (non-hydrogen) atoms. The molecule has 4 bridgehead atoms. The molecule has 4 aliphatic carbocycles. The molecule has 0 heterocycles. The lowest BCUT2D eigenvalue weighted by Gasteiger charge is -2.59. The Kier molecular flexibility index (Phi) is 3.72. The first kappa shape index (κ1) is 15.5. The van der Waals surface area contributed by atoms with Crippen LogP contribution in [0, 0.1) is 30.1 Å². The highest BCUT2D eigenvalue weighted by atomic mass is 35.5. The molecule has 4 aliphatic rings. The van der Waals surface area contributed by atoms with E-state index in [0.717, 1.165) is 23.3 Å². The fraction of sp³-hybridized carbons (Fsp3) is 0.650. The zero-order valence-corrected chi connectivity index (χ0v) is 14.8. The Morgan fingerprint density at radius 2 is 1.74 bits per heavy atom. The quantitative estimate of drug-likeness (QED) is 0.831. The number of amides is 1. The maximum Gasteiger partial charge on any atom is 0.251 e. The van der Waals surface area contributed by atoms with E-state index in [2.05, 4.69) is 12.2 Å². The third kappa shape index (κ3) is 2.69.